The molecule has 4 rings (SSSR count). The minimum absolute atomic E-state index is 0.142. The molecule has 3 amide bonds. The molecule has 0 saturated carbocycles. The number of hydrogen-bond donors (Lipinski definition) is 3. The number of hydrogen-bond acceptors (Lipinski definition) is 5. The van der Waals surface area contributed by atoms with Crippen molar-refractivity contribution in [2.24, 2.45) is 11.8 Å². The average Bonchev–Trinajstić information content (AvgIpc) is 3.24. The van der Waals surface area contributed by atoms with Gasteiger partial charge in [-0.25, -0.2) is 0 Å². The van der Waals surface area contributed by atoms with Crippen molar-refractivity contribution in [2.45, 2.75) is 44.2 Å². The van der Waals surface area contributed by atoms with E-state index in [-0.39, 0.29) is 30.6 Å². The Labute approximate surface area is 162 Å². The smallest absolute Gasteiger partial charge is 0.303 e. The molecule has 0 aromatic heterocycles. The predicted octanol–water partition coefficient (Wildman–Crippen LogP) is 1.07. The first-order valence-corrected chi connectivity index (χ1v) is 9.67. The monoisotopic (exact) mass is 385 g/mol. The summed E-state index contributed by atoms with van der Waals surface area (Å²) in [7, 11) is 0. The Bertz CT molecular complexity index is 869. The Morgan fingerprint density at radius 3 is 2.68 bits per heavy atom. The van der Waals surface area contributed by atoms with Crippen molar-refractivity contribution < 1.29 is 24.3 Å². The number of carbonyl (C=O) groups is 4. The van der Waals surface area contributed by atoms with Crippen LogP contribution in [-0.2, 0) is 24.7 Å². The van der Waals surface area contributed by atoms with Crippen LogP contribution in [0.3, 0.4) is 0 Å². The molecular weight excluding hydrogens is 362 g/mol. The van der Waals surface area contributed by atoms with E-state index in [1.165, 1.54) is 4.90 Å². The van der Waals surface area contributed by atoms with E-state index in [2.05, 4.69) is 10.6 Å². The van der Waals surface area contributed by atoms with Gasteiger partial charge in [-0.3, -0.25) is 29.4 Å². The van der Waals surface area contributed by atoms with Crippen LogP contribution in [-0.4, -0.2) is 46.3 Å². The van der Waals surface area contributed by atoms with Gasteiger partial charge in [-0.15, -0.1) is 0 Å². The standard InChI is InChI=1S/C20H23N3O5/c1-2-3-10-23-17(26)15-13(8-9-14(24)25)22-20(16(15)18(23)27)11-6-4-5-7-12(11)21-19(20)28/h4-7,13,15-16,22H,2-3,8-10H2,1H3,(H,21,28)(H,24,25). The molecule has 1 spiro atoms. The highest BCUT2D eigenvalue weighted by Crippen LogP contribution is 2.53. The van der Waals surface area contributed by atoms with Crippen molar-refractivity contribution in [3.63, 3.8) is 0 Å². The lowest BCUT2D eigenvalue weighted by molar-refractivity contribution is -0.143. The fraction of sp³-hybridized carbons (Fsp3) is 0.500. The molecule has 3 aliphatic rings. The lowest BCUT2D eigenvalue weighted by Crippen LogP contribution is -2.53. The highest BCUT2D eigenvalue weighted by atomic mass is 16.4. The summed E-state index contributed by atoms with van der Waals surface area (Å²) < 4.78 is 0. The van der Waals surface area contributed by atoms with E-state index in [1.54, 1.807) is 24.3 Å². The molecule has 3 heterocycles. The number of aliphatic carboxylic acids is 1. The number of benzene rings is 1. The minimum Gasteiger partial charge on any atom is -0.481 e. The zero-order valence-electron chi connectivity index (χ0n) is 15.6. The maximum Gasteiger partial charge on any atom is 0.303 e. The van der Waals surface area contributed by atoms with Gasteiger partial charge < -0.3 is 10.4 Å². The summed E-state index contributed by atoms with van der Waals surface area (Å²) in [5.74, 6) is -3.59. The molecule has 3 N–H and O–H groups in total. The van der Waals surface area contributed by atoms with Crippen molar-refractivity contribution in [1.29, 1.82) is 0 Å². The van der Waals surface area contributed by atoms with E-state index in [4.69, 9.17) is 5.11 Å². The number of carbonyl (C=O) groups excluding carboxylic acids is 3. The van der Waals surface area contributed by atoms with Crippen LogP contribution in [0.2, 0.25) is 0 Å². The lowest BCUT2D eigenvalue weighted by Gasteiger charge is -2.29. The van der Waals surface area contributed by atoms with Gasteiger partial charge in [-0.1, -0.05) is 31.5 Å². The molecular formula is C20H23N3O5. The fourth-order valence-electron chi connectivity index (χ4n) is 4.88. The van der Waals surface area contributed by atoms with E-state index >= 15 is 0 Å². The first kappa shape index (κ1) is 18.6. The molecule has 8 heteroatoms. The third-order valence-corrected chi connectivity index (χ3v) is 6.12. The maximum absolute atomic E-state index is 13.3. The Morgan fingerprint density at radius 1 is 1.21 bits per heavy atom. The topological polar surface area (TPSA) is 116 Å². The Hall–Kier alpha value is -2.74. The molecule has 4 unspecified atom stereocenters. The lowest BCUT2D eigenvalue weighted by atomic mass is 9.76. The van der Waals surface area contributed by atoms with Gasteiger partial charge >= 0.3 is 5.97 Å². The van der Waals surface area contributed by atoms with Gasteiger partial charge in [-0.05, 0) is 18.9 Å². The number of carboxylic acids is 1. The normalized spacial score (nSPS) is 30.7. The number of amides is 3. The van der Waals surface area contributed by atoms with Crippen LogP contribution in [0.1, 0.15) is 38.2 Å². The van der Waals surface area contributed by atoms with Gasteiger partial charge in [0.2, 0.25) is 17.7 Å². The van der Waals surface area contributed by atoms with Crippen LogP contribution in [0, 0.1) is 11.8 Å². The number of nitrogens with zero attached hydrogens (tertiary/aromatic N) is 1. The van der Waals surface area contributed by atoms with Gasteiger partial charge in [0, 0.05) is 30.3 Å². The molecule has 1 aromatic rings. The van der Waals surface area contributed by atoms with Gasteiger partial charge in [0.25, 0.3) is 0 Å². The van der Waals surface area contributed by atoms with Gasteiger partial charge in [0.15, 0.2) is 0 Å². The first-order valence-electron chi connectivity index (χ1n) is 9.67. The van der Waals surface area contributed by atoms with Crippen LogP contribution in [0.4, 0.5) is 5.69 Å². The second-order valence-electron chi connectivity index (χ2n) is 7.68. The molecule has 28 heavy (non-hydrogen) atoms. The third kappa shape index (κ3) is 2.47. The summed E-state index contributed by atoms with van der Waals surface area (Å²) in [5, 5.41) is 15.1. The number of nitrogens with one attached hydrogen (secondary N) is 2. The Balaban J connectivity index is 1.79. The van der Waals surface area contributed by atoms with Crippen molar-refractivity contribution in [3.05, 3.63) is 29.8 Å². The molecule has 1 aromatic carbocycles. The highest BCUT2D eigenvalue weighted by molar-refractivity contribution is 6.15. The van der Waals surface area contributed by atoms with Crippen LogP contribution >= 0.6 is 0 Å². The molecule has 4 atom stereocenters. The number of carboxylic acid groups (broad SMARTS) is 1. The minimum atomic E-state index is -1.34. The molecule has 0 radical (unpaired) electrons. The van der Waals surface area contributed by atoms with Crippen LogP contribution < -0.4 is 10.6 Å². The number of rotatable bonds is 6. The molecule has 0 aliphatic carbocycles. The highest BCUT2D eigenvalue weighted by Gasteiger charge is 2.70. The van der Waals surface area contributed by atoms with E-state index in [0.717, 1.165) is 6.42 Å². The summed E-state index contributed by atoms with van der Waals surface area (Å²) in [6, 6.07) is 6.57. The average molecular weight is 385 g/mol. The quantitative estimate of drug-likeness (QED) is 0.631. The number of unbranched alkanes of at least 4 members (excludes halogenated alkanes) is 1. The maximum atomic E-state index is 13.3. The summed E-state index contributed by atoms with van der Waals surface area (Å²) in [4.78, 5) is 51.8. The molecule has 148 valence electrons. The van der Waals surface area contributed by atoms with Gasteiger partial charge in [0.05, 0.1) is 11.8 Å². The zero-order valence-corrected chi connectivity index (χ0v) is 15.6. The zero-order chi connectivity index (χ0) is 20.1. The van der Waals surface area contributed by atoms with Crippen molar-refractivity contribution in [1.82, 2.24) is 10.2 Å². The molecule has 0 bridgehead atoms. The van der Waals surface area contributed by atoms with Crippen molar-refractivity contribution in [2.75, 3.05) is 11.9 Å². The van der Waals surface area contributed by atoms with E-state index < -0.39 is 29.4 Å². The van der Waals surface area contributed by atoms with E-state index in [9.17, 15) is 19.2 Å². The number of fused-ring (bicyclic) bond motifs is 4. The van der Waals surface area contributed by atoms with E-state index in [1.807, 2.05) is 6.92 Å². The Kier molecular flexibility index (Phi) is 4.45. The van der Waals surface area contributed by atoms with Crippen molar-refractivity contribution in [3.8, 4) is 0 Å². The van der Waals surface area contributed by atoms with Crippen LogP contribution in [0.5, 0.6) is 0 Å². The van der Waals surface area contributed by atoms with Crippen molar-refractivity contribution >= 4 is 29.4 Å². The summed E-state index contributed by atoms with van der Waals surface area (Å²) >= 11 is 0. The SMILES string of the molecule is CCCCN1C(=O)C2C(CCC(=O)O)NC3(C(=O)Nc4ccccc43)C2C1=O. The van der Waals surface area contributed by atoms with E-state index in [0.29, 0.717) is 24.2 Å². The summed E-state index contributed by atoms with van der Waals surface area (Å²) in [6.07, 6.45) is 1.56. The largest absolute Gasteiger partial charge is 0.481 e. The molecule has 2 saturated heterocycles. The second-order valence-corrected chi connectivity index (χ2v) is 7.68. The number of para-hydroxylation sites is 1. The number of anilines is 1. The predicted molar refractivity (Wildman–Crippen MR) is 99.2 cm³/mol. The van der Waals surface area contributed by atoms with Crippen LogP contribution in [0.15, 0.2) is 24.3 Å². The number of imide groups is 1. The molecule has 2 fully saturated rings. The Morgan fingerprint density at radius 2 is 1.96 bits per heavy atom. The molecule has 3 aliphatic heterocycles. The van der Waals surface area contributed by atoms with Crippen LogP contribution in [0.25, 0.3) is 0 Å². The van der Waals surface area contributed by atoms with Gasteiger partial charge in [0.1, 0.15) is 5.54 Å². The fourth-order valence-corrected chi connectivity index (χ4v) is 4.88. The summed E-state index contributed by atoms with van der Waals surface area (Å²) in [5.41, 5.74) is -0.0748. The van der Waals surface area contributed by atoms with Gasteiger partial charge in [-0.2, -0.15) is 0 Å². The first-order chi connectivity index (χ1) is 13.4. The third-order valence-electron chi connectivity index (χ3n) is 6.12. The second kappa shape index (κ2) is 6.70. The number of likely N-dealkylation sites (tertiary alicyclic amines) is 1. The summed E-state index contributed by atoms with van der Waals surface area (Å²) in [6.45, 7) is 2.30. The molecule has 8 nitrogen and oxygen atoms in total.